The molecular weight excluding hydrogens is 368 g/mol. The lowest BCUT2D eigenvalue weighted by Gasteiger charge is -2.15. The molecule has 0 radical (unpaired) electrons. The van der Waals surface area contributed by atoms with E-state index in [0.717, 1.165) is 16.8 Å². The number of nitrogens with one attached hydrogen (secondary N) is 1. The zero-order valence-corrected chi connectivity index (χ0v) is 16.1. The van der Waals surface area contributed by atoms with Gasteiger partial charge in [-0.05, 0) is 43.2 Å². The molecule has 2 amide bonds. The molecule has 2 heterocycles. The summed E-state index contributed by atoms with van der Waals surface area (Å²) in [6, 6.07) is 9.29. The lowest BCUT2D eigenvalue weighted by molar-refractivity contribution is -0.122. The van der Waals surface area contributed by atoms with E-state index in [0.29, 0.717) is 15.0 Å². The van der Waals surface area contributed by atoms with E-state index in [1.807, 2.05) is 32.0 Å². The highest BCUT2D eigenvalue weighted by atomic mass is 32.2. The summed E-state index contributed by atoms with van der Waals surface area (Å²) in [4.78, 5) is 26.7. The number of benzene rings is 1. The Balaban J connectivity index is 1.60. The number of carbonyl (C=O) groups is 2. The third kappa shape index (κ3) is 4.05. The maximum absolute atomic E-state index is 12.5. The van der Waals surface area contributed by atoms with Crippen molar-refractivity contribution in [2.45, 2.75) is 20.3 Å². The van der Waals surface area contributed by atoms with Crippen molar-refractivity contribution in [3.05, 3.63) is 58.4 Å². The van der Waals surface area contributed by atoms with Crippen LogP contribution in [0.5, 0.6) is 0 Å². The second kappa shape index (κ2) is 7.88. The first-order valence-electron chi connectivity index (χ1n) is 8.10. The van der Waals surface area contributed by atoms with Gasteiger partial charge in [0, 0.05) is 24.7 Å². The summed E-state index contributed by atoms with van der Waals surface area (Å²) in [7, 11) is 0. The smallest absolute Gasteiger partial charge is 0.266 e. The van der Waals surface area contributed by atoms with E-state index in [1.54, 1.807) is 24.5 Å². The number of thioether (sulfide) groups is 1. The number of hydrogen-bond donors (Lipinski definition) is 1. The molecule has 0 atom stereocenters. The number of carbonyl (C=O) groups excluding carboxylic acids is 2. The predicted molar refractivity (Wildman–Crippen MR) is 108 cm³/mol. The quantitative estimate of drug-likeness (QED) is 0.618. The topological polar surface area (TPSA) is 62.6 Å². The van der Waals surface area contributed by atoms with Gasteiger partial charge in [0.2, 0.25) is 5.91 Å². The van der Waals surface area contributed by atoms with Crippen LogP contribution in [0, 0.1) is 13.8 Å². The number of amides is 2. The number of rotatable bonds is 5. The van der Waals surface area contributed by atoms with Gasteiger partial charge in [0.05, 0.1) is 11.2 Å². The predicted octanol–water partition coefficient (Wildman–Crippen LogP) is 4.13. The molecule has 0 aliphatic carbocycles. The van der Waals surface area contributed by atoms with E-state index < -0.39 is 0 Å². The lowest BCUT2D eigenvalue weighted by Crippen LogP contribution is -2.31. The Bertz CT molecular complexity index is 888. The number of thiocarbonyl (C=S) groups is 1. The lowest BCUT2D eigenvalue weighted by atomic mass is 10.1. The molecule has 26 heavy (non-hydrogen) atoms. The fourth-order valence-electron chi connectivity index (χ4n) is 2.51. The van der Waals surface area contributed by atoms with Gasteiger partial charge in [0.15, 0.2) is 0 Å². The van der Waals surface area contributed by atoms with Crippen LogP contribution in [0.1, 0.15) is 23.3 Å². The maximum atomic E-state index is 12.5. The number of nitrogens with zero attached hydrogens (tertiary/aromatic N) is 1. The van der Waals surface area contributed by atoms with E-state index in [1.165, 1.54) is 16.7 Å². The van der Waals surface area contributed by atoms with Crippen LogP contribution in [0.25, 0.3) is 6.08 Å². The molecule has 1 fully saturated rings. The van der Waals surface area contributed by atoms with Crippen molar-refractivity contribution in [1.29, 1.82) is 0 Å². The van der Waals surface area contributed by atoms with Crippen molar-refractivity contribution in [3.63, 3.8) is 0 Å². The Morgan fingerprint density at radius 1 is 1.31 bits per heavy atom. The van der Waals surface area contributed by atoms with Crippen LogP contribution in [-0.2, 0) is 9.59 Å². The maximum Gasteiger partial charge on any atom is 0.266 e. The fraction of sp³-hybridized carbons (Fsp3) is 0.211. The van der Waals surface area contributed by atoms with E-state index in [4.69, 9.17) is 16.6 Å². The zero-order chi connectivity index (χ0) is 18.7. The molecule has 134 valence electrons. The van der Waals surface area contributed by atoms with Crippen molar-refractivity contribution < 1.29 is 14.0 Å². The highest BCUT2D eigenvalue weighted by Gasteiger charge is 2.32. The molecule has 0 saturated carbocycles. The number of anilines is 1. The normalized spacial score (nSPS) is 15.8. The standard InChI is InChI=1S/C19H18N2O3S2/c1-12-5-3-7-15(13(12)2)20-17(22)8-9-21-18(23)16(26-19(21)25)11-14-6-4-10-24-14/h3-7,10-11H,8-9H2,1-2H3,(H,20,22)/b16-11+. The second-order valence-corrected chi connectivity index (χ2v) is 7.57. The number of furan rings is 1. The molecule has 1 aromatic heterocycles. The molecule has 1 aliphatic heterocycles. The van der Waals surface area contributed by atoms with Crippen molar-refractivity contribution in [1.82, 2.24) is 4.90 Å². The minimum Gasteiger partial charge on any atom is -0.465 e. The van der Waals surface area contributed by atoms with Gasteiger partial charge in [0.1, 0.15) is 10.1 Å². The summed E-state index contributed by atoms with van der Waals surface area (Å²) >= 11 is 6.49. The van der Waals surface area contributed by atoms with Gasteiger partial charge in [0.25, 0.3) is 5.91 Å². The summed E-state index contributed by atoms with van der Waals surface area (Å²) in [6.07, 6.45) is 3.38. The molecule has 0 bridgehead atoms. The second-order valence-electron chi connectivity index (χ2n) is 5.89. The summed E-state index contributed by atoms with van der Waals surface area (Å²) in [5, 5.41) is 2.90. The Labute approximate surface area is 161 Å². The van der Waals surface area contributed by atoms with E-state index in [-0.39, 0.29) is 24.8 Å². The van der Waals surface area contributed by atoms with Crippen LogP contribution in [0.3, 0.4) is 0 Å². The molecule has 1 aromatic carbocycles. The average Bonchev–Trinajstić information content (AvgIpc) is 3.20. The van der Waals surface area contributed by atoms with Gasteiger partial charge >= 0.3 is 0 Å². The van der Waals surface area contributed by atoms with Crippen LogP contribution in [0.15, 0.2) is 45.9 Å². The van der Waals surface area contributed by atoms with Gasteiger partial charge in [-0.2, -0.15) is 0 Å². The molecule has 5 nitrogen and oxygen atoms in total. The van der Waals surface area contributed by atoms with Crippen molar-refractivity contribution >= 4 is 51.9 Å². The molecule has 1 aliphatic rings. The largest absolute Gasteiger partial charge is 0.465 e. The first-order chi connectivity index (χ1) is 12.5. The minimum absolute atomic E-state index is 0.150. The number of hydrogen-bond acceptors (Lipinski definition) is 5. The molecule has 1 saturated heterocycles. The van der Waals surface area contributed by atoms with E-state index in [2.05, 4.69) is 5.32 Å². The van der Waals surface area contributed by atoms with Crippen molar-refractivity contribution in [3.8, 4) is 0 Å². The average molecular weight is 386 g/mol. The molecule has 7 heteroatoms. The SMILES string of the molecule is Cc1cccc(NC(=O)CCN2C(=O)/C(=C\c3ccco3)SC2=S)c1C. The van der Waals surface area contributed by atoms with Gasteiger partial charge in [-0.1, -0.05) is 36.1 Å². The van der Waals surface area contributed by atoms with Crippen LogP contribution >= 0.6 is 24.0 Å². The summed E-state index contributed by atoms with van der Waals surface area (Å²) in [6.45, 7) is 4.21. The Hall–Kier alpha value is -2.38. The number of aryl methyl sites for hydroxylation is 1. The van der Waals surface area contributed by atoms with Crippen LogP contribution in [-0.4, -0.2) is 27.6 Å². The Kier molecular flexibility index (Phi) is 5.58. The molecule has 0 unspecified atom stereocenters. The summed E-state index contributed by atoms with van der Waals surface area (Å²) in [5.74, 6) is 0.247. The van der Waals surface area contributed by atoms with Crippen LogP contribution in [0.2, 0.25) is 0 Å². The third-order valence-electron chi connectivity index (χ3n) is 4.13. The molecular formula is C19H18N2O3S2. The minimum atomic E-state index is -0.198. The molecule has 2 aromatic rings. The van der Waals surface area contributed by atoms with Gasteiger partial charge < -0.3 is 9.73 Å². The zero-order valence-electron chi connectivity index (χ0n) is 14.4. The van der Waals surface area contributed by atoms with E-state index in [9.17, 15) is 9.59 Å². The van der Waals surface area contributed by atoms with Gasteiger partial charge in [-0.15, -0.1) is 0 Å². The Morgan fingerprint density at radius 2 is 2.12 bits per heavy atom. The molecule has 3 rings (SSSR count). The third-order valence-corrected chi connectivity index (χ3v) is 5.51. The summed E-state index contributed by atoms with van der Waals surface area (Å²) < 4.78 is 5.68. The van der Waals surface area contributed by atoms with Gasteiger partial charge in [-0.25, -0.2) is 0 Å². The van der Waals surface area contributed by atoms with Crippen LogP contribution < -0.4 is 5.32 Å². The Morgan fingerprint density at radius 3 is 2.85 bits per heavy atom. The van der Waals surface area contributed by atoms with Crippen molar-refractivity contribution in [2.24, 2.45) is 0 Å². The highest BCUT2D eigenvalue weighted by Crippen LogP contribution is 2.32. The van der Waals surface area contributed by atoms with Crippen LogP contribution in [0.4, 0.5) is 5.69 Å². The summed E-state index contributed by atoms with van der Waals surface area (Å²) in [5.41, 5.74) is 2.94. The van der Waals surface area contributed by atoms with Crippen molar-refractivity contribution in [2.75, 3.05) is 11.9 Å². The highest BCUT2D eigenvalue weighted by molar-refractivity contribution is 8.26. The fourth-order valence-corrected chi connectivity index (χ4v) is 3.80. The van der Waals surface area contributed by atoms with Gasteiger partial charge in [-0.3, -0.25) is 14.5 Å². The molecule has 0 spiro atoms. The first kappa shape index (κ1) is 18.4. The monoisotopic (exact) mass is 386 g/mol. The van der Waals surface area contributed by atoms with E-state index >= 15 is 0 Å². The first-order valence-corrected chi connectivity index (χ1v) is 9.33. The molecule has 1 N–H and O–H groups in total.